The number of aryl methyl sites for hydroxylation is 7. The molecule has 0 saturated carbocycles. The van der Waals surface area contributed by atoms with Gasteiger partial charge in [0.15, 0.2) is 23.2 Å². The maximum Gasteiger partial charge on any atom is 0.291 e. The predicted molar refractivity (Wildman–Crippen MR) is 309 cm³/mol. The molecule has 8 rings (SSSR count). The monoisotopic (exact) mass is 1140 g/mol. The van der Waals surface area contributed by atoms with Gasteiger partial charge in [-0.25, -0.2) is 9.97 Å². The Morgan fingerprint density at radius 2 is 1.11 bits per heavy atom. The van der Waals surface area contributed by atoms with Crippen LogP contribution in [0.15, 0.2) is 96.5 Å². The molecule has 28 nitrogen and oxygen atoms in total. The lowest BCUT2D eigenvalue weighted by Crippen LogP contribution is -2.39. The zero-order valence-electron chi connectivity index (χ0n) is 47.4. The minimum absolute atomic E-state index is 0.0488. The molecule has 0 aliphatic rings. The molecule has 8 amide bonds. The molecule has 0 bridgehead atoms. The van der Waals surface area contributed by atoms with Crippen molar-refractivity contribution in [3.05, 3.63) is 126 Å². The molecule has 0 spiro atoms. The zero-order chi connectivity index (χ0) is 59.8. The summed E-state index contributed by atoms with van der Waals surface area (Å²) < 4.78 is 16.5. The van der Waals surface area contributed by atoms with Crippen LogP contribution in [0.25, 0.3) is 22.8 Å². The van der Waals surface area contributed by atoms with Gasteiger partial charge in [0.1, 0.15) is 28.5 Å². The normalized spacial score (nSPS) is 11.6. The molecule has 436 valence electrons. The fourth-order valence-corrected chi connectivity index (χ4v) is 9.03. The Labute approximate surface area is 476 Å². The summed E-state index contributed by atoms with van der Waals surface area (Å²) in [6, 6.07) is 10.2. The van der Waals surface area contributed by atoms with Gasteiger partial charge in [-0.1, -0.05) is 0 Å². The van der Waals surface area contributed by atoms with E-state index in [4.69, 9.17) is 10.2 Å². The van der Waals surface area contributed by atoms with Crippen LogP contribution in [0.3, 0.4) is 0 Å². The second kappa shape index (κ2) is 25.5. The molecule has 0 aliphatic heterocycles. The number of nitrogens with two attached hydrogens (primary N) is 1. The molecule has 1 atom stereocenters. The second-order valence-electron chi connectivity index (χ2n) is 20.2. The number of imidazole rings is 2. The van der Waals surface area contributed by atoms with Gasteiger partial charge in [0.2, 0.25) is 11.8 Å². The molecular formula is C55H67N19O9. The van der Waals surface area contributed by atoms with E-state index in [0.717, 1.165) is 13.0 Å². The van der Waals surface area contributed by atoms with Gasteiger partial charge in [0, 0.05) is 124 Å². The van der Waals surface area contributed by atoms with Crippen molar-refractivity contribution >= 4 is 75.8 Å². The topological polar surface area (TPSA) is 335 Å². The number of carbonyl (C=O) groups excluding carboxylic acids is 8. The van der Waals surface area contributed by atoms with E-state index < -0.39 is 47.4 Å². The molecule has 0 unspecified atom stereocenters. The number of rotatable bonds is 24. The SMILES string of the molecule is CN(C)CCCNC(=O)CCNC(=O)c1cc(NC(=O)c2nc(-c3nc(NC(=O)c4cc(NC(=O)[C@H](N)CCNC(=O)c5cc(-c6cc(NC(=O)c7cc(NC(=O)c8ccco8)cn7C)cn6C)cn5C)cn4C)cn3C)cn2C)cn1C. The van der Waals surface area contributed by atoms with E-state index in [-0.39, 0.29) is 60.6 Å². The molecule has 83 heavy (non-hydrogen) atoms. The fraction of sp³-hybridized carbons (Fsp3) is 0.309. The Hall–Kier alpha value is -10.2. The lowest BCUT2D eigenvalue weighted by Gasteiger charge is -2.12. The van der Waals surface area contributed by atoms with Gasteiger partial charge in [-0.15, -0.1) is 0 Å². The van der Waals surface area contributed by atoms with Crippen LogP contribution < -0.4 is 48.3 Å². The average molecular weight is 1140 g/mol. The van der Waals surface area contributed by atoms with Gasteiger partial charge in [-0.3, -0.25) is 38.4 Å². The van der Waals surface area contributed by atoms with E-state index in [2.05, 4.69) is 52.5 Å². The lowest BCUT2D eigenvalue weighted by molar-refractivity contribution is -0.121. The van der Waals surface area contributed by atoms with Gasteiger partial charge in [-0.2, -0.15) is 0 Å². The molecule has 0 fully saturated rings. The average Bonchev–Trinajstić information content (AvgIpc) is 4.06. The number of amides is 8. The Bertz CT molecular complexity index is 3730. The first kappa shape index (κ1) is 58.9. The van der Waals surface area contributed by atoms with Gasteiger partial charge < -0.3 is 89.6 Å². The molecule has 8 aromatic heterocycles. The van der Waals surface area contributed by atoms with Crippen molar-refractivity contribution in [1.29, 1.82) is 0 Å². The van der Waals surface area contributed by atoms with Crippen LogP contribution >= 0.6 is 0 Å². The molecule has 8 heterocycles. The fourth-order valence-electron chi connectivity index (χ4n) is 9.03. The van der Waals surface area contributed by atoms with Crippen molar-refractivity contribution in [2.45, 2.75) is 25.3 Å². The molecular weight excluding hydrogens is 1070 g/mol. The molecule has 0 aromatic carbocycles. The quantitative estimate of drug-likeness (QED) is 0.0394. The van der Waals surface area contributed by atoms with E-state index in [1.54, 1.807) is 128 Å². The van der Waals surface area contributed by atoms with E-state index >= 15 is 0 Å². The standard InChI is InChI=1S/C55H67N19O9/c1-67(2)18-11-15-57-46(75)14-17-59-51(78)41-22-36(29-70(41)5)63-55(82)48-64-38(30-73(48)8)47-65-45(31-74(47)9)66-53(80)43-23-34(27-72(43)7)60-49(76)37(56)13-16-58-50(77)40-20-32(25-68(40)3)39-21-33(26-69(39)4)61-52(79)42-24-35(28-71(42)6)62-54(81)44-12-10-19-83-44/h10,12,19-31,37H,11,13-18,56H2,1-9H3,(H,57,75)(H,58,77)(H,59,78)(H,60,76)(H,61,79)(H,62,81)(H,63,82)(H,66,80)/t37-/m1/s1. The van der Waals surface area contributed by atoms with Gasteiger partial charge in [-0.05, 0) is 75.9 Å². The van der Waals surface area contributed by atoms with Gasteiger partial charge in [0.25, 0.3) is 35.4 Å². The highest BCUT2D eigenvalue weighted by Crippen LogP contribution is 2.28. The van der Waals surface area contributed by atoms with E-state index in [1.807, 2.05) is 30.6 Å². The minimum atomic E-state index is -1.02. The number of hydrogen-bond acceptors (Lipinski definition) is 13. The number of carbonyl (C=O) groups is 8. The number of aromatic nitrogens is 9. The molecule has 28 heteroatoms. The summed E-state index contributed by atoms with van der Waals surface area (Å²) in [5.74, 6) is -2.73. The maximum atomic E-state index is 13.5. The molecule has 0 saturated heterocycles. The Morgan fingerprint density at radius 3 is 1.75 bits per heavy atom. The zero-order valence-corrected chi connectivity index (χ0v) is 47.4. The first-order chi connectivity index (χ1) is 39.5. The van der Waals surface area contributed by atoms with E-state index in [0.29, 0.717) is 63.5 Å². The summed E-state index contributed by atoms with van der Waals surface area (Å²) in [5.41, 5.74) is 10.7. The highest BCUT2D eigenvalue weighted by Gasteiger charge is 2.24. The van der Waals surface area contributed by atoms with Crippen molar-refractivity contribution in [3.63, 3.8) is 0 Å². The Morgan fingerprint density at radius 1 is 0.554 bits per heavy atom. The van der Waals surface area contributed by atoms with E-state index in [1.165, 1.54) is 33.6 Å². The maximum absolute atomic E-state index is 13.5. The largest absolute Gasteiger partial charge is 0.459 e. The van der Waals surface area contributed by atoms with Crippen LogP contribution in [0.1, 0.15) is 82.4 Å². The lowest BCUT2D eigenvalue weighted by atomic mass is 10.2. The van der Waals surface area contributed by atoms with Crippen molar-refractivity contribution < 1.29 is 42.8 Å². The summed E-state index contributed by atoms with van der Waals surface area (Å²) in [7, 11) is 15.8. The van der Waals surface area contributed by atoms with Crippen LogP contribution in [0.4, 0.5) is 28.6 Å². The van der Waals surface area contributed by atoms with Gasteiger partial charge in [0.05, 0.1) is 40.7 Å². The first-order valence-electron chi connectivity index (χ1n) is 26.2. The van der Waals surface area contributed by atoms with Crippen LogP contribution in [0.2, 0.25) is 0 Å². The van der Waals surface area contributed by atoms with Crippen LogP contribution in [-0.4, -0.2) is 140 Å². The Kier molecular flexibility index (Phi) is 18.1. The number of nitrogens with zero attached hydrogens (tertiary/aromatic N) is 10. The summed E-state index contributed by atoms with van der Waals surface area (Å²) in [4.78, 5) is 116. The third-order valence-electron chi connectivity index (χ3n) is 13.3. The number of furan rings is 1. The first-order valence-corrected chi connectivity index (χ1v) is 26.2. The third kappa shape index (κ3) is 14.4. The second-order valence-corrected chi connectivity index (χ2v) is 20.2. The van der Waals surface area contributed by atoms with Crippen molar-refractivity contribution in [2.75, 3.05) is 66.9 Å². The van der Waals surface area contributed by atoms with E-state index in [9.17, 15) is 38.4 Å². The summed E-state index contributed by atoms with van der Waals surface area (Å²) >= 11 is 0. The summed E-state index contributed by atoms with van der Waals surface area (Å²) in [6.45, 7) is 1.61. The minimum Gasteiger partial charge on any atom is -0.459 e. The van der Waals surface area contributed by atoms with Crippen molar-refractivity contribution in [1.82, 2.24) is 62.8 Å². The number of hydrogen-bond donors (Lipinski definition) is 9. The number of nitrogens with one attached hydrogen (secondary N) is 8. The van der Waals surface area contributed by atoms with Crippen molar-refractivity contribution in [2.24, 2.45) is 55.1 Å². The number of anilines is 5. The van der Waals surface area contributed by atoms with Crippen molar-refractivity contribution in [3.8, 4) is 22.8 Å². The summed E-state index contributed by atoms with van der Waals surface area (Å²) in [5, 5.41) is 22.3. The Balaban J connectivity index is 0.785. The predicted octanol–water partition coefficient (Wildman–Crippen LogP) is 3.06. The molecule has 0 radical (unpaired) electrons. The molecule has 0 aliphatic carbocycles. The van der Waals surface area contributed by atoms with Crippen LogP contribution in [0.5, 0.6) is 0 Å². The third-order valence-corrected chi connectivity index (χ3v) is 13.3. The highest BCUT2D eigenvalue weighted by molar-refractivity contribution is 6.07. The van der Waals surface area contributed by atoms with Crippen LogP contribution in [-0.2, 0) is 58.9 Å². The van der Waals surface area contributed by atoms with Crippen LogP contribution in [0, 0.1) is 0 Å². The van der Waals surface area contributed by atoms with Gasteiger partial charge >= 0.3 is 0 Å². The summed E-state index contributed by atoms with van der Waals surface area (Å²) in [6.07, 6.45) is 13.9. The molecule has 10 N–H and O–H groups in total. The smallest absolute Gasteiger partial charge is 0.291 e. The highest BCUT2D eigenvalue weighted by atomic mass is 16.3. The molecule has 8 aromatic rings.